The Bertz CT molecular complexity index is 417. The average molecular weight is 313 g/mol. The van der Waals surface area contributed by atoms with Crippen molar-refractivity contribution in [2.75, 3.05) is 19.7 Å². The van der Waals surface area contributed by atoms with Gasteiger partial charge in [0.15, 0.2) is 6.61 Å². The van der Waals surface area contributed by atoms with Gasteiger partial charge in [-0.2, -0.15) is 0 Å². The molecule has 1 amide bonds. The Morgan fingerprint density at radius 2 is 2.17 bits per heavy atom. The number of hydrogen-bond acceptors (Lipinski definition) is 3. The molecule has 0 radical (unpaired) electrons. The summed E-state index contributed by atoms with van der Waals surface area (Å²) < 4.78 is 6.42. The number of piperidine rings is 1. The number of ether oxygens (including phenoxy) is 1. The highest BCUT2D eigenvalue weighted by Crippen LogP contribution is 2.18. The number of nitrogens with two attached hydrogens (primary N) is 1. The molecule has 1 aliphatic rings. The molecule has 1 saturated heterocycles. The molecule has 98 valence electrons. The van der Waals surface area contributed by atoms with Gasteiger partial charge in [0.2, 0.25) is 0 Å². The summed E-state index contributed by atoms with van der Waals surface area (Å²) in [6, 6.07) is 7.72. The van der Waals surface area contributed by atoms with E-state index in [0.717, 1.165) is 30.4 Å². The summed E-state index contributed by atoms with van der Waals surface area (Å²) in [6.07, 6.45) is 1.76. The van der Waals surface area contributed by atoms with Crippen molar-refractivity contribution in [2.24, 2.45) is 5.73 Å². The van der Waals surface area contributed by atoms with Crippen molar-refractivity contribution in [3.8, 4) is 5.75 Å². The Hall–Kier alpha value is -1.07. The molecule has 1 heterocycles. The Morgan fingerprint density at radius 1 is 1.44 bits per heavy atom. The van der Waals surface area contributed by atoms with Gasteiger partial charge in [-0.3, -0.25) is 4.79 Å². The molecule has 4 nitrogen and oxygen atoms in total. The number of hydrogen-bond donors (Lipinski definition) is 1. The second-order valence-electron chi connectivity index (χ2n) is 4.46. The zero-order valence-electron chi connectivity index (χ0n) is 10.1. The molecule has 0 spiro atoms. The zero-order valence-corrected chi connectivity index (χ0v) is 11.7. The molecule has 2 rings (SSSR count). The highest BCUT2D eigenvalue weighted by atomic mass is 79.9. The lowest BCUT2D eigenvalue weighted by atomic mass is 10.1. The molecular weight excluding hydrogens is 296 g/mol. The fourth-order valence-electron chi connectivity index (χ4n) is 1.94. The lowest BCUT2D eigenvalue weighted by molar-refractivity contribution is -0.134. The first-order valence-electron chi connectivity index (χ1n) is 6.07. The molecule has 0 bridgehead atoms. The first kappa shape index (κ1) is 13.4. The largest absolute Gasteiger partial charge is 0.484 e. The van der Waals surface area contributed by atoms with Crippen molar-refractivity contribution in [1.82, 2.24) is 4.90 Å². The molecule has 1 fully saturated rings. The summed E-state index contributed by atoms with van der Waals surface area (Å²) in [5.74, 6) is 0.730. The maximum Gasteiger partial charge on any atom is 0.260 e. The summed E-state index contributed by atoms with van der Waals surface area (Å²) in [5, 5.41) is 0. The first-order valence-corrected chi connectivity index (χ1v) is 6.86. The minimum Gasteiger partial charge on any atom is -0.484 e. The first-order chi connectivity index (χ1) is 8.65. The average Bonchev–Trinajstić information content (AvgIpc) is 2.37. The minimum atomic E-state index is 0.0295. The van der Waals surface area contributed by atoms with Crippen LogP contribution in [0, 0.1) is 0 Å². The quantitative estimate of drug-likeness (QED) is 0.925. The van der Waals surface area contributed by atoms with E-state index in [0.29, 0.717) is 5.75 Å². The number of benzene rings is 1. The number of likely N-dealkylation sites (tertiary alicyclic amines) is 1. The molecule has 1 aromatic rings. The minimum absolute atomic E-state index is 0.0295. The van der Waals surface area contributed by atoms with Crippen LogP contribution in [0.3, 0.4) is 0 Å². The summed E-state index contributed by atoms with van der Waals surface area (Å²) in [5.41, 5.74) is 5.80. The maximum absolute atomic E-state index is 11.9. The van der Waals surface area contributed by atoms with Crippen LogP contribution in [-0.4, -0.2) is 36.5 Å². The Kier molecular flexibility index (Phi) is 4.60. The van der Waals surface area contributed by atoms with Crippen LogP contribution in [-0.2, 0) is 4.79 Å². The molecule has 0 saturated carbocycles. The number of carbonyl (C=O) groups excluding carboxylic acids is 1. The third kappa shape index (κ3) is 3.71. The van der Waals surface area contributed by atoms with Gasteiger partial charge >= 0.3 is 0 Å². The summed E-state index contributed by atoms with van der Waals surface area (Å²) >= 11 is 3.36. The van der Waals surface area contributed by atoms with Crippen molar-refractivity contribution in [1.29, 1.82) is 0 Å². The van der Waals surface area contributed by atoms with Crippen LogP contribution in [0.4, 0.5) is 0 Å². The van der Waals surface area contributed by atoms with E-state index in [2.05, 4.69) is 15.9 Å². The van der Waals surface area contributed by atoms with Gasteiger partial charge in [-0.15, -0.1) is 0 Å². The van der Waals surface area contributed by atoms with Crippen molar-refractivity contribution >= 4 is 21.8 Å². The van der Waals surface area contributed by atoms with Gasteiger partial charge in [0.1, 0.15) is 5.75 Å². The van der Waals surface area contributed by atoms with Crippen LogP contribution in [0.25, 0.3) is 0 Å². The molecule has 1 aliphatic heterocycles. The van der Waals surface area contributed by atoms with Crippen LogP contribution in [0.1, 0.15) is 12.8 Å². The predicted octanol–water partition coefficient (Wildman–Crippen LogP) is 1.78. The van der Waals surface area contributed by atoms with Crippen molar-refractivity contribution in [2.45, 2.75) is 18.9 Å². The van der Waals surface area contributed by atoms with Gasteiger partial charge in [0.25, 0.3) is 5.91 Å². The third-order valence-electron chi connectivity index (χ3n) is 3.05. The summed E-state index contributed by atoms with van der Waals surface area (Å²) in [6.45, 7) is 1.56. The smallest absolute Gasteiger partial charge is 0.260 e. The zero-order chi connectivity index (χ0) is 13.0. The van der Waals surface area contributed by atoms with Gasteiger partial charge in [-0.25, -0.2) is 0 Å². The lowest BCUT2D eigenvalue weighted by Crippen LogP contribution is -2.44. The van der Waals surface area contributed by atoms with Crippen molar-refractivity contribution in [3.63, 3.8) is 0 Å². The molecular formula is C13H17BrN2O2. The second-order valence-corrected chi connectivity index (χ2v) is 5.38. The van der Waals surface area contributed by atoms with Crippen LogP contribution >= 0.6 is 15.9 Å². The maximum atomic E-state index is 11.9. The van der Waals surface area contributed by atoms with Gasteiger partial charge in [0, 0.05) is 23.6 Å². The lowest BCUT2D eigenvalue weighted by Gasteiger charge is -2.30. The summed E-state index contributed by atoms with van der Waals surface area (Å²) in [7, 11) is 0. The molecule has 2 N–H and O–H groups in total. The van der Waals surface area contributed by atoms with Gasteiger partial charge < -0.3 is 15.4 Å². The predicted molar refractivity (Wildman–Crippen MR) is 73.4 cm³/mol. The molecule has 0 aromatic heterocycles. The van der Waals surface area contributed by atoms with Crippen LogP contribution in [0.5, 0.6) is 5.75 Å². The van der Waals surface area contributed by atoms with Gasteiger partial charge in [-0.1, -0.05) is 22.0 Å². The highest BCUT2D eigenvalue weighted by molar-refractivity contribution is 9.10. The normalized spacial score (nSPS) is 16.7. The Balaban J connectivity index is 1.81. The van der Waals surface area contributed by atoms with E-state index in [1.54, 1.807) is 0 Å². The van der Waals surface area contributed by atoms with Gasteiger partial charge in [0.05, 0.1) is 0 Å². The standard InChI is InChI=1S/C13H17BrN2O2/c14-10-2-1-3-12(8-10)18-9-13(17)16-6-4-11(15)5-7-16/h1-3,8,11H,4-7,9,15H2. The van der Waals surface area contributed by atoms with E-state index in [1.807, 2.05) is 29.2 Å². The second kappa shape index (κ2) is 6.20. The van der Waals surface area contributed by atoms with E-state index in [4.69, 9.17) is 10.5 Å². The number of rotatable bonds is 3. The van der Waals surface area contributed by atoms with Gasteiger partial charge in [-0.05, 0) is 31.0 Å². The van der Waals surface area contributed by atoms with E-state index in [-0.39, 0.29) is 18.6 Å². The topological polar surface area (TPSA) is 55.6 Å². The van der Waals surface area contributed by atoms with E-state index < -0.39 is 0 Å². The molecule has 0 atom stereocenters. The number of nitrogens with zero attached hydrogens (tertiary/aromatic N) is 1. The van der Waals surface area contributed by atoms with Crippen LogP contribution in [0.2, 0.25) is 0 Å². The fraction of sp³-hybridized carbons (Fsp3) is 0.462. The fourth-order valence-corrected chi connectivity index (χ4v) is 2.32. The summed E-state index contributed by atoms with van der Waals surface area (Å²) in [4.78, 5) is 13.7. The van der Waals surface area contributed by atoms with Crippen LogP contribution in [0.15, 0.2) is 28.7 Å². The van der Waals surface area contributed by atoms with E-state index >= 15 is 0 Å². The monoisotopic (exact) mass is 312 g/mol. The van der Waals surface area contributed by atoms with Crippen LogP contribution < -0.4 is 10.5 Å². The SMILES string of the molecule is NC1CCN(C(=O)COc2cccc(Br)c2)CC1. The molecule has 0 unspecified atom stereocenters. The Labute approximate surface area is 115 Å². The third-order valence-corrected chi connectivity index (χ3v) is 3.54. The number of halogens is 1. The van der Waals surface area contributed by atoms with Crippen molar-refractivity contribution in [3.05, 3.63) is 28.7 Å². The van der Waals surface area contributed by atoms with E-state index in [9.17, 15) is 4.79 Å². The molecule has 18 heavy (non-hydrogen) atoms. The number of carbonyl (C=O) groups is 1. The highest BCUT2D eigenvalue weighted by Gasteiger charge is 2.20. The van der Waals surface area contributed by atoms with E-state index in [1.165, 1.54) is 0 Å². The van der Waals surface area contributed by atoms with Crippen molar-refractivity contribution < 1.29 is 9.53 Å². The Morgan fingerprint density at radius 3 is 2.83 bits per heavy atom. The molecule has 1 aromatic carbocycles. The molecule has 0 aliphatic carbocycles. The number of amides is 1. The molecule has 5 heteroatoms.